The van der Waals surface area contributed by atoms with Crippen LogP contribution in [0, 0.1) is 0 Å². The molecule has 0 aromatic heterocycles. The first-order valence-electron chi connectivity index (χ1n) is 7.88. The molecule has 1 unspecified atom stereocenters. The zero-order valence-electron chi connectivity index (χ0n) is 15.5. The van der Waals surface area contributed by atoms with Gasteiger partial charge in [-0.3, -0.25) is 4.57 Å². The molecule has 1 atom stereocenters. The predicted molar refractivity (Wildman–Crippen MR) is 91.0 cm³/mol. The lowest BCUT2D eigenvalue weighted by Gasteiger charge is -2.16. The minimum absolute atomic E-state index is 0.0521. The smallest absolute Gasteiger partial charge is 0.496 e. The van der Waals surface area contributed by atoms with E-state index in [0.717, 1.165) is 0 Å². The number of carboxylic acid groups (broad SMARTS) is 1. The Morgan fingerprint density at radius 1 is 0.967 bits per heavy atom. The molecule has 0 saturated heterocycles. The molecular weight excluding hydrogens is 469 g/mol. The van der Waals surface area contributed by atoms with Crippen LogP contribution in [0.15, 0.2) is 35.2 Å². The second-order valence-corrected chi connectivity index (χ2v) is 8.99. The van der Waals surface area contributed by atoms with Crippen LogP contribution in [-0.4, -0.2) is 43.0 Å². The van der Waals surface area contributed by atoms with Crippen LogP contribution in [0.3, 0.4) is 0 Å². The van der Waals surface area contributed by atoms with Crippen molar-refractivity contribution in [2.24, 2.45) is 0 Å². The Balaban J connectivity index is 0.00000103. The summed E-state index contributed by atoms with van der Waals surface area (Å²) in [6.45, 7) is 3.26. The van der Waals surface area contributed by atoms with E-state index in [1.165, 1.54) is 12.1 Å². The fourth-order valence-corrected chi connectivity index (χ4v) is 5.76. The first-order chi connectivity index (χ1) is 13.7. The van der Waals surface area contributed by atoms with E-state index in [4.69, 9.17) is 18.9 Å². The highest BCUT2D eigenvalue weighted by molar-refractivity contribution is 7.98. The Bertz CT molecular complexity index is 716. The van der Waals surface area contributed by atoms with Gasteiger partial charge in [-0.2, -0.15) is 26.3 Å². The third kappa shape index (κ3) is 10.9. The quantitative estimate of drug-likeness (QED) is 0.316. The van der Waals surface area contributed by atoms with E-state index in [1.54, 1.807) is 32.0 Å². The molecule has 7 nitrogen and oxygen atoms in total. The van der Waals surface area contributed by atoms with Crippen LogP contribution in [0.5, 0.6) is 0 Å². The van der Waals surface area contributed by atoms with Gasteiger partial charge in [0.25, 0.3) is 16.7 Å². The number of rotatable bonds is 8. The van der Waals surface area contributed by atoms with E-state index >= 15 is 0 Å². The fourth-order valence-electron chi connectivity index (χ4n) is 1.51. The Kier molecular flexibility index (Phi) is 11.5. The van der Waals surface area contributed by atoms with E-state index in [0.29, 0.717) is 4.90 Å². The van der Waals surface area contributed by atoms with Gasteiger partial charge in [-0.05, 0) is 26.0 Å². The molecule has 0 spiro atoms. The normalized spacial score (nSPS) is 13.1. The molecule has 0 fully saturated rings. The summed E-state index contributed by atoms with van der Waals surface area (Å²) in [5.74, 6) is -5.35. The minimum Gasteiger partial charge on any atom is -0.542 e. The van der Waals surface area contributed by atoms with Gasteiger partial charge in [0, 0.05) is 0 Å². The topological polar surface area (TPSA) is 102 Å². The van der Waals surface area contributed by atoms with Gasteiger partial charge < -0.3 is 18.9 Å². The number of halogens is 6. The Hall–Kier alpha value is -1.76. The summed E-state index contributed by atoms with van der Waals surface area (Å²) in [7, 11) is -3.68. The first kappa shape index (κ1) is 28.2. The van der Waals surface area contributed by atoms with Gasteiger partial charge in [0.1, 0.15) is 5.97 Å². The largest absolute Gasteiger partial charge is 0.542 e. The molecule has 0 bridgehead atoms. The molecule has 172 valence electrons. The molecule has 0 amide bonds. The van der Waals surface area contributed by atoms with Crippen molar-refractivity contribution in [1.82, 2.24) is 0 Å². The van der Waals surface area contributed by atoms with E-state index < -0.39 is 48.6 Å². The summed E-state index contributed by atoms with van der Waals surface area (Å²) in [4.78, 5) is 20.2. The number of hydrogen-bond acceptors (Lipinski definition) is 7. The lowest BCUT2D eigenvalue weighted by molar-refractivity contribution is -0.344. The molecule has 1 aromatic carbocycles. The summed E-state index contributed by atoms with van der Waals surface area (Å²) in [5, 5.41) is 8.78. The lowest BCUT2D eigenvalue weighted by atomic mass is 10.4. The van der Waals surface area contributed by atoms with Crippen molar-refractivity contribution < 1.29 is 58.8 Å². The summed E-state index contributed by atoms with van der Waals surface area (Å²) in [5.41, 5.74) is -0.472. The van der Waals surface area contributed by atoms with Crippen LogP contribution in [-0.2, 0) is 38.6 Å². The van der Waals surface area contributed by atoms with Crippen molar-refractivity contribution in [3.8, 4) is 0 Å². The standard InChI is InChI=1S/C13H17F3O5PS.C2HF3O2/c1-3-19-22(18,20-4-2)10-23(11-8-6-5-7-9-11)21-12(17)13(14,15)16;3-2(4,5)1(6)7/h5-9H,3-4,10H2,1-2H3;(H,6,7)/q+1;/p-1. The average molecular weight is 486 g/mol. The number of benzene rings is 1. The molecule has 0 heterocycles. The molecule has 0 aliphatic rings. The van der Waals surface area contributed by atoms with Crippen molar-refractivity contribution >= 4 is 30.7 Å². The van der Waals surface area contributed by atoms with Gasteiger partial charge in [0.15, 0.2) is 0 Å². The van der Waals surface area contributed by atoms with E-state index in [-0.39, 0.29) is 13.2 Å². The van der Waals surface area contributed by atoms with Crippen LogP contribution in [0.2, 0.25) is 0 Å². The van der Waals surface area contributed by atoms with Gasteiger partial charge in [-0.15, -0.1) is 0 Å². The third-order valence-corrected chi connectivity index (χ3v) is 7.23. The summed E-state index contributed by atoms with van der Waals surface area (Å²) in [6.07, 6.45) is -10.3. The molecule has 0 aliphatic carbocycles. The molecule has 0 radical (unpaired) electrons. The molecule has 0 saturated carbocycles. The zero-order valence-corrected chi connectivity index (χ0v) is 17.2. The predicted octanol–water partition coefficient (Wildman–Crippen LogP) is 3.21. The number of carbonyl (C=O) groups excluding carboxylic acids is 2. The Morgan fingerprint density at radius 2 is 1.40 bits per heavy atom. The molecule has 30 heavy (non-hydrogen) atoms. The second-order valence-electron chi connectivity index (χ2n) is 4.89. The van der Waals surface area contributed by atoms with Gasteiger partial charge >= 0.3 is 25.9 Å². The maximum Gasteiger partial charge on any atom is 0.496 e. The zero-order chi connectivity index (χ0) is 23.6. The first-order valence-corrected chi connectivity index (χ1v) is 10.9. The molecular formula is C15H17F6O7PS. The Morgan fingerprint density at radius 3 is 1.73 bits per heavy atom. The van der Waals surface area contributed by atoms with E-state index in [1.807, 2.05) is 0 Å². The molecule has 0 N–H and O–H groups in total. The van der Waals surface area contributed by atoms with Gasteiger partial charge in [0.05, 0.1) is 13.2 Å². The fraction of sp³-hybridized carbons (Fsp3) is 0.467. The molecule has 0 aliphatic heterocycles. The second kappa shape index (κ2) is 12.2. The maximum atomic E-state index is 12.5. The minimum atomic E-state index is -5.19. The number of alkyl halides is 6. The number of hydrogen-bond donors (Lipinski definition) is 0. The number of carbonyl (C=O) groups is 2. The Labute approximate surface area is 170 Å². The van der Waals surface area contributed by atoms with Crippen LogP contribution < -0.4 is 5.11 Å². The highest BCUT2D eigenvalue weighted by Gasteiger charge is 2.49. The molecule has 1 rings (SSSR count). The van der Waals surface area contributed by atoms with Crippen LogP contribution >= 0.6 is 7.60 Å². The van der Waals surface area contributed by atoms with Crippen molar-refractivity contribution in [1.29, 1.82) is 0 Å². The van der Waals surface area contributed by atoms with Crippen molar-refractivity contribution in [2.45, 2.75) is 31.1 Å². The maximum absolute atomic E-state index is 12.5. The van der Waals surface area contributed by atoms with Gasteiger partial charge in [0.2, 0.25) is 4.90 Å². The SMILES string of the molecule is CCOP(=O)(C[S+](OC(=O)C(F)(F)F)c1ccccc1)OCC.O=C([O-])C(F)(F)F. The van der Waals surface area contributed by atoms with E-state index in [9.17, 15) is 35.7 Å². The van der Waals surface area contributed by atoms with Crippen LogP contribution in [0.25, 0.3) is 0 Å². The number of carboxylic acids is 1. The summed E-state index contributed by atoms with van der Waals surface area (Å²) >= 11 is -1.72. The molecule has 1 aromatic rings. The number of aliphatic carboxylic acids is 1. The van der Waals surface area contributed by atoms with E-state index in [2.05, 4.69) is 4.18 Å². The third-order valence-electron chi connectivity index (χ3n) is 2.57. The molecule has 15 heteroatoms. The van der Waals surface area contributed by atoms with Crippen molar-refractivity contribution in [3.63, 3.8) is 0 Å². The highest BCUT2D eigenvalue weighted by atomic mass is 32.2. The van der Waals surface area contributed by atoms with Gasteiger partial charge in [-0.1, -0.05) is 18.2 Å². The average Bonchev–Trinajstić information content (AvgIpc) is 2.61. The van der Waals surface area contributed by atoms with Gasteiger partial charge in [-0.25, -0.2) is 8.98 Å². The van der Waals surface area contributed by atoms with Crippen molar-refractivity contribution in [2.75, 3.05) is 18.7 Å². The lowest BCUT2D eigenvalue weighted by Crippen LogP contribution is -2.37. The summed E-state index contributed by atoms with van der Waals surface area (Å²) < 4.78 is 96.1. The summed E-state index contributed by atoms with van der Waals surface area (Å²) in [6, 6.07) is 7.76. The van der Waals surface area contributed by atoms with Crippen molar-refractivity contribution in [3.05, 3.63) is 30.3 Å². The van der Waals surface area contributed by atoms with Crippen LogP contribution in [0.4, 0.5) is 26.3 Å². The van der Waals surface area contributed by atoms with Crippen LogP contribution in [0.1, 0.15) is 13.8 Å². The monoisotopic (exact) mass is 486 g/mol. The highest BCUT2D eigenvalue weighted by Crippen LogP contribution is 2.51.